The first-order valence-electron chi connectivity index (χ1n) is 8.58. The van der Waals surface area contributed by atoms with Crippen LogP contribution in [0, 0.1) is 0 Å². The van der Waals surface area contributed by atoms with Crippen LogP contribution in [0.15, 0.2) is 32.3 Å². The smallest absolute Gasteiger partial charge is 0.408 e. The predicted molar refractivity (Wildman–Crippen MR) is 101 cm³/mol. The number of carbonyl (C=O) groups excluding carboxylic acids is 1. The number of benzene rings is 1. The van der Waals surface area contributed by atoms with E-state index in [1.165, 1.54) is 41.2 Å². The Labute approximate surface area is 162 Å². The number of nitrogens with one attached hydrogen (secondary N) is 1. The zero-order valence-corrected chi connectivity index (χ0v) is 17.0. The van der Waals surface area contributed by atoms with Crippen molar-refractivity contribution in [3.05, 3.63) is 28.7 Å². The predicted octanol–water partition coefficient (Wildman–Crippen LogP) is -0.555. The molecule has 0 spiro atoms. The minimum absolute atomic E-state index is 0.00284. The molecule has 1 amide bonds. The molecule has 10 nitrogen and oxygen atoms in total. The van der Waals surface area contributed by atoms with Crippen LogP contribution in [0.2, 0.25) is 0 Å². The number of piperidine rings is 1. The molecule has 1 aliphatic rings. The SMILES string of the molecule is CNC(=O)CS(=O)(=O)C1CCN(S(=O)(=O)c2ccc3oc(=O)n(C)c3c2)CC1. The van der Waals surface area contributed by atoms with Crippen LogP contribution in [0.4, 0.5) is 0 Å². The Hall–Kier alpha value is -2.18. The summed E-state index contributed by atoms with van der Waals surface area (Å²) in [7, 11) is -4.66. The number of sulfone groups is 1. The number of aryl methyl sites for hydroxylation is 1. The van der Waals surface area contributed by atoms with Crippen LogP contribution in [0.25, 0.3) is 11.1 Å². The van der Waals surface area contributed by atoms with Gasteiger partial charge in [0.05, 0.1) is 15.7 Å². The summed E-state index contributed by atoms with van der Waals surface area (Å²) < 4.78 is 57.9. The fraction of sp³-hybridized carbons (Fsp3) is 0.500. The number of aromatic nitrogens is 1. The lowest BCUT2D eigenvalue weighted by Crippen LogP contribution is -2.44. The summed E-state index contributed by atoms with van der Waals surface area (Å²) >= 11 is 0. The Balaban J connectivity index is 1.79. The van der Waals surface area contributed by atoms with Gasteiger partial charge in [-0.15, -0.1) is 0 Å². The molecule has 3 rings (SSSR count). The van der Waals surface area contributed by atoms with E-state index in [1.807, 2.05) is 0 Å². The van der Waals surface area contributed by atoms with Gasteiger partial charge in [0.25, 0.3) is 0 Å². The number of carbonyl (C=O) groups is 1. The summed E-state index contributed by atoms with van der Waals surface area (Å²) in [5.41, 5.74) is 0.638. The van der Waals surface area contributed by atoms with E-state index in [0.29, 0.717) is 5.52 Å². The van der Waals surface area contributed by atoms with Crippen molar-refractivity contribution in [2.24, 2.45) is 7.05 Å². The summed E-state index contributed by atoms with van der Waals surface area (Å²) in [6.45, 7) is 0.0602. The quantitative estimate of drug-likeness (QED) is 0.670. The highest BCUT2D eigenvalue weighted by Gasteiger charge is 2.35. The molecule has 1 aliphatic heterocycles. The molecule has 0 saturated carbocycles. The highest BCUT2D eigenvalue weighted by Crippen LogP contribution is 2.26. The first kappa shape index (κ1) is 20.6. The largest absolute Gasteiger partial charge is 0.419 e. The number of rotatable bonds is 5. The molecule has 2 aromatic rings. The fourth-order valence-electron chi connectivity index (χ4n) is 3.22. The summed E-state index contributed by atoms with van der Waals surface area (Å²) in [6.07, 6.45) is 0.232. The lowest BCUT2D eigenvalue weighted by atomic mass is 10.2. The van der Waals surface area contributed by atoms with E-state index in [1.54, 1.807) is 0 Å². The van der Waals surface area contributed by atoms with Crippen molar-refractivity contribution in [3.63, 3.8) is 0 Å². The van der Waals surface area contributed by atoms with E-state index in [9.17, 15) is 26.4 Å². The van der Waals surface area contributed by atoms with Gasteiger partial charge in [0.1, 0.15) is 5.75 Å². The molecule has 154 valence electrons. The van der Waals surface area contributed by atoms with Gasteiger partial charge in [-0.25, -0.2) is 21.6 Å². The first-order valence-corrected chi connectivity index (χ1v) is 11.7. The molecule has 28 heavy (non-hydrogen) atoms. The van der Waals surface area contributed by atoms with E-state index in [2.05, 4.69) is 5.32 Å². The molecule has 1 aromatic carbocycles. The highest BCUT2D eigenvalue weighted by molar-refractivity contribution is 7.92. The Kier molecular flexibility index (Phi) is 5.38. The van der Waals surface area contributed by atoms with E-state index < -0.39 is 42.5 Å². The van der Waals surface area contributed by atoms with Crippen LogP contribution in [0.3, 0.4) is 0 Å². The zero-order chi connectivity index (χ0) is 20.7. The molecule has 1 fully saturated rings. The molecule has 0 unspecified atom stereocenters. The third-order valence-electron chi connectivity index (χ3n) is 4.92. The second-order valence-corrected chi connectivity index (χ2v) is 10.9. The number of hydrogen-bond donors (Lipinski definition) is 1. The molecule has 12 heteroatoms. The Morgan fingerprint density at radius 2 is 1.86 bits per heavy atom. The Morgan fingerprint density at radius 3 is 2.46 bits per heavy atom. The average Bonchev–Trinajstić information content (AvgIpc) is 2.95. The monoisotopic (exact) mass is 431 g/mol. The number of nitrogens with zero attached hydrogens (tertiary/aromatic N) is 2. The molecule has 1 N–H and O–H groups in total. The van der Waals surface area contributed by atoms with Gasteiger partial charge in [-0.3, -0.25) is 9.36 Å². The third-order valence-corrected chi connectivity index (χ3v) is 8.97. The zero-order valence-electron chi connectivity index (χ0n) is 15.4. The molecule has 2 heterocycles. The maximum atomic E-state index is 12.9. The summed E-state index contributed by atoms with van der Waals surface area (Å²) in [5, 5.41) is 1.52. The van der Waals surface area contributed by atoms with Gasteiger partial charge in [0.15, 0.2) is 15.4 Å². The van der Waals surface area contributed by atoms with Crippen LogP contribution in [0.5, 0.6) is 0 Å². The van der Waals surface area contributed by atoms with Crippen LogP contribution in [-0.4, -0.2) is 62.8 Å². The standard InChI is InChI=1S/C16H21N3O7S2/c1-17-15(20)10-27(22,23)11-5-7-19(8-6-11)28(24,25)12-3-4-14-13(9-12)18(2)16(21)26-14/h3-4,9,11H,5-8,10H2,1-2H3,(H,17,20). The van der Waals surface area contributed by atoms with Crippen molar-refractivity contribution in [1.82, 2.24) is 14.2 Å². The van der Waals surface area contributed by atoms with Crippen molar-refractivity contribution in [2.45, 2.75) is 23.0 Å². The molecule has 0 radical (unpaired) electrons. The maximum absolute atomic E-state index is 12.9. The lowest BCUT2D eigenvalue weighted by molar-refractivity contribution is -0.118. The summed E-state index contributed by atoms with van der Waals surface area (Å²) in [5.74, 6) is -1.78. The maximum Gasteiger partial charge on any atom is 0.419 e. The number of oxazole rings is 1. The van der Waals surface area contributed by atoms with Crippen LogP contribution in [-0.2, 0) is 31.7 Å². The van der Waals surface area contributed by atoms with Crippen molar-refractivity contribution in [3.8, 4) is 0 Å². The minimum atomic E-state index is -3.86. The fourth-order valence-corrected chi connectivity index (χ4v) is 6.39. The minimum Gasteiger partial charge on any atom is -0.408 e. The molecular weight excluding hydrogens is 410 g/mol. The number of fused-ring (bicyclic) bond motifs is 1. The number of hydrogen-bond acceptors (Lipinski definition) is 7. The van der Waals surface area contributed by atoms with Crippen LogP contribution in [0.1, 0.15) is 12.8 Å². The second kappa shape index (κ2) is 7.33. The molecule has 0 atom stereocenters. The average molecular weight is 431 g/mol. The normalized spacial score (nSPS) is 17.1. The summed E-state index contributed by atoms with van der Waals surface area (Å²) in [6, 6.07) is 4.14. The molecule has 1 aromatic heterocycles. The van der Waals surface area contributed by atoms with Gasteiger partial charge in [-0.05, 0) is 31.0 Å². The van der Waals surface area contributed by atoms with Crippen molar-refractivity contribution < 1.29 is 26.0 Å². The van der Waals surface area contributed by atoms with Crippen LogP contribution < -0.4 is 11.1 Å². The van der Waals surface area contributed by atoms with Gasteiger partial charge in [-0.1, -0.05) is 0 Å². The van der Waals surface area contributed by atoms with Crippen LogP contribution >= 0.6 is 0 Å². The number of sulfonamides is 1. The molecule has 0 aliphatic carbocycles. The lowest BCUT2D eigenvalue weighted by Gasteiger charge is -2.30. The van der Waals surface area contributed by atoms with Crippen molar-refractivity contribution >= 4 is 36.9 Å². The highest BCUT2D eigenvalue weighted by atomic mass is 32.2. The van der Waals surface area contributed by atoms with Gasteiger partial charge in [0, 0.05) is 27.2 Å². The molecule has 0 bridgehead atoms. The van der Waals surface area contributed by atoms with Gasteiger partial charge in [0.2, 0.25) is 15.9 Å². The van der Waals surface area contributed by atoms with Crippen molar-refractivity contribution in [1.29, 1.82) is 0 Å². The van der Waals surface area contributed by atoms with Gasteiger partial charge >= 0.3 is 5.76 Å². The second-order valence-electron chi connectivity index (χ2n) is 6.64. The van der Waals surface area contributed by atoms with Gasteiger partial charge < -0.3 is 9.73 Å². The Bertz CT molecular complexity index is 1170. The molecular formula is C16H21N3O7S2. The van der Waals surface area contributed by atoms with Gasteiger partial charge in [-0.2, -0.15) is 4.31 Å². The van der Waals surface area contributed by atoms with E-state index in [-0.39, 0.29) is 36.4 Å². The molecule has 1 saturated heterocycles. The van der Waals surface area contributed by atoms with Crippen molar-refractivity contribution in [2.75, 3.05) is 25.9 Å². The Morgan fingerprint density at radius 1 is 1.21 bits per heavy atom. The first-order chi connectivity index (χ1) is 13.1. The summed E-state index contributed by atoms with van der Waals surface area (Å²) in [4.78, 5) is 23.0. The van der Waals surface area contributed by atoms with E-state index in [4.69, 9.17) is 4.42 Å². The third kappa shape index (κ3) is 3.71. The van der Waals surface area contributed by atoms with E-state index in [0.717, 1.165) is 0 Å². The number of amides is 1. The van der Waals surface area contributed by atoms with E-state index >= 15 is 0 Å². The topological polar surface area (TPSA) is 136 Å².